The SMILES string of the molecule is CCC(C(C)C)n1c(N)nc2ccc(OC)nc21. The van der Waals surface area contributed by atoms with E-state index in [1.54, 1.807) is 13.2 Å². The van der Waals surface area contributed by atoms with Gasteiger partial charge in [-0.2, -0.15) is 4.98 Å². The molecule has 0 saturated heterocycles. The largest absolute Gasteiger partial charge is 0.481 e. The highest BCUT2D eigenvalue weighted by atomic mass is 16.5. The first-order valence-electron chi connectivity index (χ1n) is 6.26. The lowest BCUT2D eigenvalue weighted by atomic mass is 10.0. The van der Waals surface area contributed by atoms with E-state index < -0.39 is 0 Å². The van der Waals surface area contributed by atoms with Crippen LogP contribution in [-0.2, 0) is 0 Å². The van der Waals surface area contributed by atoms with Crippen molar-refractivity contribution < 1.29 is 4.74 Å². The maximum Gasteiger partial charge on any atom is 0.215 e. The summed E-state index contributed by atoms with van der Waals surface area (Å²) in [5.41, 5.74) is 7.64. The molecule has 0 fully saturated rings. The number of fused-ring (bicyclic) bond motifs is 1. The van der Waals surface area contributed by atoms with E-state index in [-0.39, 0.29) is 0 Å². The smallest absolute Gasteiger partial charge is 0.215 e. The zero-order valence-corrected chi connectivity index (χ0v) is 11.3. The van der Waals surface area contributed by atoms with Crippen LogP contribution in [0, 0.1) is 5.92 Å². The lowest BCUT2D eigenvalue weighted by Gasteiger charge is -2.22. The van der Waals surface area contributed by atoms with Gasteiger partial charge >= 0.3 is 0 Å². The lowest BCUT2D eigenvalue weighted by molar-refractivity contribution is 0.372. The molecule has 18 heavy (non-hydrogen) atoms. The van der Waals surface area contributed by atoms with E-state index in [2.05, 4.69) is 30.7 Å². The molecule has 2 aromatic heterocycles. The standard InChI is InChI=1S/C13H20N4O/c1-5-10(8(2)3)17-12-9(15-13(17)14)6-7-11(16-12)18-4/h6-8,10H,5H2,1-4H3,(H2,14,15). The summed E-state index contributed by atoms with van der Waals surface area (Å²) in [7, 11) is 1.61. The first-order valence-corrected chi connectivity index (χ1v) is 6.26. The van der Waals surface area contributed by atoms with Crippen LogP contribution >= 0.6 is 0 Å². The van der Waals surface area contributed by atoms with Gasteiger partial charge in [0.2, 0.25) is 11.8 Å². The van der Waals surface area contributed by atoms with Gasteiger partial charge in [0.1, 0.15) is 5.52 Å². The molecule has 1 atom stereocenters. The normalized spacial score (nSPS) is 13.2. The molecule has 0 aromatic carbocycles. The average Bonchev–Trinajstić information content (AvgIpc) is 2.66. The Morgan fingerprint density at radius 1 is 1.33 bits per heavy atom. The van der Waals surface area contributed by atoms with Crippen molar-refractivity contribution in [1.82, 2.24) is 14.5 Å². The number of nitrogens with two attached hydrogens (primary N) is 1. The molecule has 0 bridgehead atoms. The minimum atomic E-state index is 0.301. The summed E-state index contributed by atoms with van der Waals surface area (Å²) in [6.07, 6.45) is 0.992. The van der Waals surface area contributed by atoms with Gasteiger partial charge in [0.05, 0.1) is 7.11 Å². The van der Waals surface area contributed by atoms with Gasteiger partial charge in [-0.05, 0) is 18.4 Å². The van der Waals surface area contributed by atoms with Crippen molar-refractivity contribution in [3.8, 4) is 5.88 Å². The van der Waals surface area contributed by atoms with Crippen molar-refractivity contribution in [2.45, 2.75) is 33.2 Å². The van der Waals surface area contributed by atoms with E-state index in [9.17, 15) is 0 Å². The summed E-state index contributed by atoms with van der Waals surface area (Å²) < 4.78 is 7.18. The number of hydrogen-bond donors (Lipinski definition) is 1. The van der Waals surface area contributed by atoms with Crippen LogP contribution in [0.1, 0.15) is 33.2 Å². The van der Waals surface area contributed by atoms with Crippen LogP contribution in [0.25, 0.3) is 11.2 Å². The molecule has 5 nitrogen and oxygen atoms in total. The van der Waals surface area contributed by atoms with Gasteiger partial charge < -0.3 is 10.5 Å². The molecule has 98 valence electrons. The second-order valence-corrected chi connectivity index (χ2v) is 4.76. The van der Waals surface area contributed by atoms with Crippen molar-refractivity contribution in [3.05, 3.63) is 12.1 Å². The quantitative estimate of drug-likeness (QED) is 0.903. The van der Waals surface area contributed by atoms with Crippen LogP contribution < -0.4 is 10.5 Å². The van der Waals surface area contributed by atoms with Gasteiger partial charge in [-0.3, -0.25) is 4.57 Å². The molecule has 2 rings (SSSR count). The van der Waals surface area contributed by atoms with Crippen molar-refractivity contribution >= 4 is 17.1 Å². The number of aromatic nitrogens is 3. The molecule has 2 heterocycles. The van der Waals surface area contributed by atoms with Crippen molar-refractivity contribution in [3.63, 3.8) is 0 Å². The lowest BCUT2D eigenvalue weighted by Crippen LogP contribution is -2.17. The summed E-state index contributed by atoms with van der Waals surface area (Å²) in [5, 5.41) is 0. The van der Waals surface area contributed by atoms with E-state index in [1.807, 2.05) is 10.6 Å². The zero-order chi connectivity index (χ0) is 13.3. The Hall–Kier alpha value is -1.78. The van der Waals surface area contributed by atoms with Crippen LogP contribution in [0.2, 0.25) is 0 Å². The summed E-state index contributed by atoms with van der Waals surface area (Å²) in [6.45, 7) is 6.51. The zero-order valence-electron chi connectivity index (χ0n) is 11.3. The minimum Gasteiger partial charge on any atom is -0.481 e. The molecule has 2 N–H and O–H groups in total. The summed E-state index contributed by atoms with van der Waals surface area (Å²) in [5.74, 6) is 1.58. The second kappa shape index (κ2) is 4.84. The van der Waals surface area contributed by atoms with E-state index in [4.69, 9.17) is 10.5 Å². The molecule has 0 saturated carbocycles. The molecule has 0 aliphatic rings. The van der Waals surface area contributed by atoms with Crippen LogP contribution in [-0.4, -0.2) is 21.6 Å². The molecule has 0 amide bonds. The van der Waals surface area contributed by atoms with Crippen LogP contribution in [0.15, 0.2) is 12.1 Å². The maximum atomic E-state index is 6.03. The molecule has 0 aliphatic carbocycles. The molecular formula is C13H20N4O. The third kappa shape index (κ3) is 2.00. The number of pyridine rings is 1. The molecule has 2 aromatic rings. The van der Waals surface area contributed by atoms with Gasteiger partial charge in [-0.15, -0.1) is 0 Å². The van der Waals surface area contributed by atoms with Gasteiger partial charge in [-0.1, -0.05) is 20.8 Å². The van der Waals surface area contributed by atoms with Gasteiger partial charge in [0.15, 0.2) is 5.65 Å². The number of hydrogen-bond acceptors (Lipinski definition) is 4. The number of nitrogen functional groups attached to an aromatic ring is 1. The Morgan fingerprint density at radius 3 is 2.61 bits per heavy atom. The monoisotopic (exact) mass is 248 g/mol. The summed E-state index contributed by atoms with van der Waals surface area (Å²) in [6, 6.07) is 3.99. The van der Waals surface area contributed by atoms with E-state index >= 15 is 0 Å². The fourth-order valence-corrected chi connectivity index (χ4v) is 2.37. The van der Waals surface area contributed by atoms with E-state index in [0.29, 0.717) is 23.8 Å². The fourth-order valence-electron chi connectivity index (χ4n) is 2.37. The maximum absolute atomic E-state index is 6.03. The van der Waals surface area contributed by atoms with Crippen molar-refractivity contribution in [2.24, 2.45) is 5.92 Å². The molecule has 0 aliphatic heterocycles. The van der Waals surface area contributed by atoms with Gasteiger partial charge in [-0.25, -0.2) is 4.98 Å². The minimum absolute atomic E-state index is 0.301. The number of anilines is 1. The number of methoxy groups -OCH3 is 1. The molecule has 0 spiro atoms. The third-order valence-corrected chi connectivity index (χ3v) is 3.27. The second-order valence-electron chi connectivity index (χ2n) is 4.76. The highest BCUT2D eigenvalue weighted by Crippen LogP contribution is 2.29. The summed E-state index contributed by atoms with van der Waals surface area (Å²) in [4.78, 5) is 8.83. The first-order chi connectivity index (χ1) is 8.58. The predicted octanol–water partition coefficient (Wildman–Crippen LogP) is 2.63. The predicted molar refractivity (Wildman–Crippen MR) is 72.7 cm³/mol. The topological polar surface area (TPSA) is 66.0 Å². The number of ether oxygens (including phenoxy) is 1. The van der Waals surface area contributed by atoms with Crippen LogP contribution in [0.4, 0.5) is 5.95 Å². The van der Waals surface area contributed by atoms with E-state index in [1.165, 1.54) is 0 Å². The average molecular weight is 248 g/mol. The Kier molecular flexibility index (Phi) is 3.41. The highest BCUT2D eigenvalue weighted by molar-refractivity contribution is 5.75. The van der Waals surface area contributed by atoms with Crippen LogP contribution in [0.3, 0.4) is 0 Å². The summed E-state index contributed by atoms with van der Waals surface area (Å²) >= 11 is 0. The molecule has 5 heteroatoms. The van der Waals surface area contributed by atoms with Crippen molar-refractivity contribution in [1.29, 1.82) is 0 Å². The van der Waals surface area contributed by atoms with Gasteiger partial charge in [0.25, 0.3) is 0 Å². The molecular weight excluding hydrogens is 228 g/mol. The Morgan fingerprint density at radius 2 is 2.06 bits per heavy atom. The Bertz CT molecular complexity index is 547. The molecule has 1 unspecified atom stereocenters. The first kappa shape index (κ1) is 12.7. The molecule has 0 radical (unpaired) electrons. The fraction of sp³-hybridized carbons (Fsp3) is 0.538. The highest BCUT2D eigenvalue weighted by Gasteiger charge is 2.20. The van der Waals surface area contributed by atoms with Crippen molar-refractivity contribution in [2.75, 3.05) is 12.8 Å². The Labute approximate surface area is 107 Å². The Balaban J connectivity index is 2.64. The number of rotatable bonds is 4. The van der Waals surface area contributed by atoms with Crippen LogP contribution in [0.5, 0.6) is 5.88 Å². The number of imidazole rings is 1. The van der Waals surface area contributed by atoms with E-state index in [0.717, 1.165) is 17.6 Å². The van der Waals surface area contributed by atoms with Gasteiger partial charge in [0, 0.05) is 12.1 Å². The number of nitrogens with zero attached hydrogens (tertiary/aromatic N) is 3. The third-order valence-electron chi connectivity index (χ3n) is 3.27.